The van der Waals surface area contributed by atoms with Crippen LogP contribution >= 0.6 is 38.9 Å². The second-order valence-electron chi connectivity index (χ2n) is 2.63. The zero-order valence-electron chi connectivity index (χ0n) is 6.48. The van der Waals surface area contributed by atoms with Crippen LogP contribution < -0.4 is 0 Å². The van der Waals surface area contributed by atoms with E-state index < -0.39 is 0 Å². The molecule has 0 radical (unpaired) electrons. The Hall–Kier alpha value is -0.120. The molecule has 0 bridgehead atoms. The maximum absolute atomic E-state index is 13.1. The summed E-state index contributed by atoms with van der Waals surface area (Å²) in [7, 11) is 0. The molecule has 2 aromatic rings. The molecule has 4 heteroatoms. The Balaban J connectivity index is 2.85. The van der Waals surface area contributed by atoms with Crippen LogP contribution in [0.15, 0.2) is 17.5 Å². The lowest BCUT2D eigenvalue weighted by molar-refractivity contribution is 0.630. The third kappa shape index (κ3) is 1.49. The summed E-state index contributed by atoms with van der Waals surface area (Å²) < 4.78 is 14.1. The molecule has 0 spiro atoms. The topological polar surface area (TPSA) is 0 Å². The highest BCUT2D eigenvalue weighted by Crippen LogP contribution is 2.34. The van der Waals surface area contributed by atoms with E-state index in [1.807, 2.05) is 5.38 Å². The standard InChI is InChI=1S/C9H5BrClFS/c10-3-5-4-13-7-2-1-6(12)9(11)8(5)7/h1-2,4H,3H2. The quantitative estimate of drug-likeness (QED) is 0.670. The third-order valence-electron chi connectivity index (χ3n) is 1.85. The van der Waals surface area contributed by atoms with Gasteiger partial charge in [-0.25, -0.2) is 4.39 Å². The van der Waals surface area contributed by atoms with Gasteiger partial charge < -0.3 is 0 Å². The monoisotopic (exact) mass is 278 g/mol. The average molecular weight is 280 g/mol. The minimum Gasteiger partial charge on any atom is -0.205 e. The molecule has 0 saturated carbocycles. The second kappa shape index (κ2) is 3.56. The maximum Gasteiger partial charge on any atom is 0.142 e. The Morgan fingerprint density at radius 2 is 2.23 bits per heavy atom. The number of hydrogen-bond donors (Lipinski definition) is 0. The molecule has 0 aliphatic rings. The molecule has 0 aliphatic heterocycles. The van der Waals surface area contributed by atoms with E-state index in [0.29, 0.717) is 5.33 Å². The normalized spacial score (nSPS) is 11.0. The van der Waals surface area contributed by atoms with Crippen LogP contribution in [-0.2, 0) is 5.33 Å². The molecule has 0 nitrogen and oxygen atoms in total. The minimum absolute atomic E-state index is 0.230. The van der Waals surface area contributed by atoms with E-state index in [4.69, 9.17) is 11.6 Å². The summed E-state index contributed by atoms with van der Waals surface area (Å²) in [6, 6.07) is 3.16. The summed E-state index contributed by atoms with van der Waals surface area (Å²) in [5, 5.41) is 3.76. The van der Waals surface area contributed by atoms with Gasteiger partial charge in [-0.3, -0.25) is 0 Å². The first kappa shape index (κ1) is 9.44. The van der Waals surface area contributed by atoms with E-state index in [0.717, 1.165) is 15.6 Å². The predicted molar refractivity (Wildman–Crippen MR) is 59.4 cm³/mol. The van der Waals surface area contributed by atoms with E-state index in [1.165, 1.54) is 6.07 Å². The highest BCUT2D eigenvalue weighted by Gasteiger charge is 2.10. The molecule has 68 valence electrons. The third-order valence-corrected chi connectivity index (χ3v) is 3.82. The molecular formula is C9H5BrClFS. The zero-order chi connectivity index (χ0) is 9.42. The van der Waals surface area contributed by atoms with Crippen molar-refractivity contribution in [1.29, 1.82) is 0 Å². The second-order valence-corrected chi connectivity index (χ2v) is 4.48. The number of halogens is 3. The lowest BCUT2D eigenvalue weighted by atomic mass is 10.2. The molecule has 0 unspecified atom stereocenters. The van der Waals surface area contributed by atoms with Crippen molar-refractivity contribution in [2.75, 3.05) is 0 Å². The first-order valence-electron chi connectivity index (χ1n) is 3.64. The first-order valence-corrected chi connectivity index (χ1v) is 6.02. The fourth-order valence-electron chi connectivity index (χ4n) is 1.22. The molecule has 1 heterocycles. The minimum atomic E-state index is -0.352. The molecule has 1 aromatic heterocycles. The van der Waals surface area contributed by atoms with Gasteiger partial charge in [0.05, 0.1) is 5.02 Å². The van der Waals surface area contributed by atoms with E-state index in [1.54, 1.807) is 17.4 Å². The molecule has 0 aliphatic carbocycles. The smallest absolute Gasteiger partial charge is 0.142 e. The van der Waals surface area contributed by atoms with Gasteiger partial charge in [0.15, 0.2) is 0 Å². The summed E-state index contributed by atoms with van der Waals surface area (Å²) in [6.07, 6.45) is 0. The van der Waals surface area contributed by atoms with Crippen molar-refractivity contribution in [2.24, 2.45) is 0 Å². The van der Waals surface area contributed by atoms with Crippen LogP contribution in [0.1, 0.15) is 5.56 Å². The molecule has 1 aromatic carbocycles. The van der Waals surface area contributed by atoms with Crippen LogP contribution in [0.2, 0.25) is 5.02 Å². The van der Waals surface area contributed by atoms with Crippen molar-refractivity contribution in [3.05, 3.63) is 33.9 Å². The molecule has 2 rings (SSSR count). The van der Waals surface area contributed by atoms with Gasteiger partial charge in [0.25, 0.3) is 0 Å². The summed E-state index contributed by atoms with van der Waals surface area (Å²) in [6.45, 7) is 0. The van der Waals surface area contributed by atoms with Gasteiger partial charge in [0.1, 0.15) is 5.82 Å². The van der Waals surface area contributed by atoms with Crippen LogP contribution in [0.4, 0.5) is 4.39 Å². The van der Waals surface area contributed by atoms with E-state index >= 15 is 0 Å². The summed E-state index contributed by atoms with van der Waals surface area (Å²) in [5.41, 5.74) is 1.05. The van der Waals surface area contributed by atoms with Crippen molar-refractivity contribution in [1.82, 2.24) is 0 Å². The van der Waals surface area contributed by atoms with Crippen LogP contribution in [0.25, 0.3) is 10.1 Å². The van der Waals surface area contributed by atoms with Gasteiger partial charge in [-0.1, -0.05) is 27.5 Å². The summed E-state index contributed by atoms with van der Waals surface area (Å²) >= 11 is 10.8. The number of benzene rings is 1. The predicted octanol–water partition coefficient (Wildman–Crippen LogP) is 4.59. The van der Waals surface area contributed by atoms with Gasteiger partial charge in [0, 0.05) is 15.4 Å². The van der Waals surface area contributed by atoms with Gasteiger partial charge in [-0.2, -0.15) is 0 Å². The van der Waals surface area contributed by atoms with E-state index in [9.17, 15) is 4.39 Å². The van der Waals surface area contributed by atoms with Crippen molar-refractivity contribution in [2.45, 2.75) is 5.33 Å². The fraction of sp³-hybridized carbons (Fsp3) is 0.111. The molecule has 0 saturated heterocycles. The van der Waals surface area contributed by atoms with Crippen molar-refractivity contribution in [3.8, 4) is 0 Å². The van der Waals surface area contributed by atoms with Crippen molar-refractivity contribution < 1.29 is 4.39 Å². The Kier molecular flexibility index (Phi) is 2.58. The highest BCUT2D eigenvalue weighted by atomic mass is 79.9. The van der Waals surface area contributed by atoms with Gasteiger partial charge >= 0.3 is 0 Å². The molecule has 0 N–H and O–H groups in total. The molecule has 13 heavy (non-hydrogen) atoms. The molecular weight excluding hydrogens is 275 g/mol. The molecule has 0 atom stereocenters. The number of rotatable bonds is 1. The van der Waals surface area contributed by atoms with Crippen LogP contribution in [0, 0.1) is 5.82 Å². The van der Waals surface area contributed by atoms with Crippen LogP contribution in [0.3, 0.4) is 0 Å². The van der Waals surface area contributed by atoms with E-state index in [-0.39, 0.29) is 10.8 Å². The van der Waals surface area contributed by atoms with Gasteiger partial charge in [-0.05, 0) is 23.1 Å². The Labute approximate surface area is 92.5 Å². The number of thiophene rings is 1. The highest BCUT2D eigenvalue weighted by molar-refractivity contribution is 9.08. The van der Waals surface area contributed by atoms with Crippen LogP contribution in [0.5, 0.6) is 0 Å². The number of fused-ring (bicyclic) bond motifs is 1. The van der Waals surface area contributed by atoms with Crippen molar-refractivity contribution in [3.63, 3.8) is 0 Å². The SMILES string of the molecule is Fc1ccc2scc(CBr)c2c1Cl. The molecule has 0 amide bonds. The lowest BCUT2D eigenvalue weighted by Gasteiger charge is -1.98. The largest absolute Gasteiger partial charge is 0.205 e. The van der Waals surface area contributed by atoms with Crippen LogP contribution in [-0.4, -0.2) is 0 Å². The Bertz CT molecular complexity index is 452. The number of alkyl halides is 1. The first-order chi connectivity index (χ1) is 6.24. The van der Waals surface area contributed by atoms with Gasteiger partial charge in [0.2, 0.25) is 0 Å². The van der Waals surface area contributed by atoms with Crippen molar-refractivity contribution >= 4 is 49.0 Å². The molecule has 0 fully saturated rings. The fourth-order valence-corrected chi connectivity index (χ4v) is 3.19. The zero-order valence-corrected chi connectivity index (χ0v) is 9.64. The van der Waals surface area contributed by atoms with Gasteiger partial charge in [-0.15, -0.1) is 11.3 Å². The lowest BCUT2D eigenvalue weighted by Crippen LogP contribution is -1.79. The number of hydrogen-bond acceptors (Lipinski definition) is 1. The summed E-state index contributed by atoms with van der Waals surface area (Å²) in [5.74, 6) is -0.352. The Morgan fingerprint density at radius 3 is 2.92 bits per heavy atom. The Morgan fingerprint density at radius 1 is 1.46 bits per heavy atom. The summed E-state index contributed by atoms with van der Waals surface area (Å²) in [4.78, 5) is 0. The van der Waals surface area contributed by atoms with E-state index in [2.05, 4.69) is 15.9 Å². The maximum atomic E-state index is 13.1. The average Bonchev–Trinajstić information content (AvgIpc) is 2.55.